The first-order valence-electron chi connectivity index (χ1n) is 5.74. The molecule has 0 aliphatic carbocycles. The fourth-order valence-electron chi connectivity index (χ4n) is 1.62. The van der Waals surface area contributed by atoms with Gasteiger partial charge in [-0.05, 0) is 43.3 Å². The van der Waals surface area contributed by atoms with Gasteiger partial charge in [-0.25, -0.2) is 0 Å². The molecule has 0 saturated heterocycles. The molecular formula is C14H15ClN2O. The molecule has 0 aliphatic heterocycles. The first-order valence-corrected chi connectivity index (χ1v) is 6.12. The number of halogens is 1. The second-order valence-corrected chi connectivity index (χ2v) is 4.22. The van der Waals surface area contributed by atoms with E-state index in [2.05, 4.69) is 5.32 Å². The van der Waals surface area contributed by atoms with E-state index in [1.807, 2.05) is 49.4 Å². The highest BCUT2D eigenvalue weighted by Crippen LogP contribution is 2.31. The van der Waals surface area contributed by atoms with Crippen LogP contribution in [0.2, 0.25) is 5.02 Å². The summed E-state index contributed by atoms with van der Waals surface area (Å²) in [5.41, 5.74) is 8.39. The lowest BCUT2D eigenvalue weighted by Gasteiger charge is -2.13. The van der Waals surface area contributed by atoms with E-state index in [-0.39, 0.29) is 0 Å². The molecule has 0 amide bonds. The minimum atomic E-state index is 0.592. The number of hydrogen-bond acceptors (Lipinski definition) is 3. The van der Waals surface area contributed by atoms with Crippen molar-refractivity contribution in [3.05, 3.63) is 47.5 Å². The van der Waals surface area contributed by atoms with E-state index in [1.165, 1.54) is 0 Å². The van der Waals surface area contributed by atoms with Crippen LogP contribution in [0.3, 0.4) is 0 Å². The van der Waals surface area contributed by atoms with Gasteiger partial charge in [-0.1, -0.05) is 17.7 Å². The Morgan fingerprint density at radius 2 is 1.89 bits per heavy atom. The molecule has 3 N–H and O–H groups in total. The van der Waals surface area contributed by atoms with Crippen molar-refractivity contribution < 1.29 is 4.74 Å². The van der Waals surface area contributed by atoms with Gasteiger partial charge in [0.1, 0.15) is 5.75 Å². The molecule has 94 valence electrons. The molecule has 0 fully saturated rings. The van der Waals surface area contributed by atoms with Crippen LogP contribution in [0.25, 0.3) is 0 Å². The molecule has 0 radical (unpaired) electrons. The van der Waals surface area contributed by atoms with E-state index in [1.54, 1.807) is 0 Å². The maximum absolute atomic E-state index is 6.03. The monoisotopic (exact) mass is 262 g/mol. The van der Waals surface area contributed by atoms with Gasteiger partial charge < -0.3 is 15.8 Å². The molecule has 2 rings (SSSR count). The van der Waals surface area contributed by atoms with Crippen molar-refractivity contribution in [1.29, 1.82) is 0 Å². The van der Waals surface area contributed by atoms with Crippen molar-refractivity contribution in [3.63, 3.8) is 0 Å². The Morgan fingerprint density at radius 3 is 2.56 bits per heavy atom. The van der Waals surface area contributed by atoms with E-state index in [9.17, 15) is 0 Å². The second-order valence-electron chi connectivity index (χ2n) is 3.78. The van der Waals surface area contributed by atoms with Gasteiger partial charge in [0.25, 0.3) is 0 Å². The number of para-hydroxylation sites is 1. The van der Waals surface area contributed by atoms with Gasteiger partial charge in [0.05, 0.1) is 18.0 Å². The van der Waals surface area contributed by atoms with Crippen molar-refractivity contribution in [1.82, 2.24) is 0 Å². The number of anilines is 3. The van der Waals surface area contributed by atoms with Crippen LogP contribution < -0.4 is 15.8 Å². The Bertz CT molecular complexity index is 526. The summed E-state index contributed by atoms with van der Waals surface area (Å²) in [7, 11) is 0. The normalized spacial score (nSPS) is 10.1. The smallest absolute Gasteiger partial charge is 0.144 e. The van der Waals surface area contributed by atoms with E-state index in [4.69, 9.17) is 22.1 Å². The number of benzene rings is 2. The lowest BCUT2D eigenvalue weighted by atomic mass is 10.2. The molecule has 3 nitrogen and oxygen atoms in total. The van der Waals surface area contributed by atoms with E-state index in [0.717, 1.165) is 11.4 Å². The maximum Gasteiger partial charge on any atom is 0.144 e. The Labute approximate surface area is 112 Å². The summed E-state index contributed by atoms with van der Waals surface area (Å²) >= 11 is 5.84. The SMILES string of the molecule is CCOc1cccc(Nc2ccc(Cl)cc2)c1N. The van der Waals surface area contributed by atoms with Gasteiger partial charge in [0, 0.05) is 10.7 Å². The molecule has 4 heteroatoms. The minimum Gasteiger partial charge on any atom is -0.492 e. The zero-order chi connectivity index (χ0) is 13.0. The van der Waals surface area contributed by atoms with Gasteiger partial charge in [0.15, 0.2) is 0 Å². The molecule has 0 heterocycles. The highest BCUT2D eigenvalue weighted by atomic mass is 35.5. The average Bonchev–Trinajstić information content (AvgIpc) is 2.37. The van der Waals surface area contributed by atoms with E-state index >= 15 is 0 Å². The molecule has 0 saturated carbocycles. The first-order chi connectivity index (χ1) is 8.70. The third-order valence-electron chi connectivity index (χ3n) is 2.49. The van der Waals surface area contributed by atoms with Gasteiger partial charge >= 0.3 is 0 Å². The molecule has 0 bridgehead atoms. The quantitative estimate of drug-likeness (QED) is 0.817. The number of hydrogen-bond donors (Lipinski definition) is 2. The molecule has 18 heavy (non-hydrogen) atoms. The summed E-state index contributed by atoms with van der Waals surface area (Å²) < 4.78 is 5.45. The maximum atomic E-state index is 6.03. The highest BCUT2D eigenvalue weighted by Gasteiger charge is 2.05. The lowest BCUT2D eigenvalue weighted by Crippen LogP contribution is -2.00. The summed E-state index contributed by atoms with van der Waals surface area (Å²) in [6, 6.07) is 13.1. The molecule has 2 aromatic carbocycles. The number of nitrogens with one attached hydrogen (secondary N) is 1. The summed E-state index contributed by atoms with van der Waals surface area (Å²) in [5, 5.41) is 3.94. The molecule has 0 atom stereocenters. The van der Waals surface area contributed by atoms with Crippen LogP contribution in [0.4, 0.5) is 17.1 Å². The predicted octanol–water partition coefficient (Wildman–Crippen LogP) is 4.06. The molecular weight excluding hydrogens is 248 g/mol. The Kier molecular flexibility index (Phi) is 3.95. The van der Waals surface area contributed by atoms with Crippen LogP contribution in [-0.4, -0.2) is 6.61 Å². The Morgan fingerprint density at radius 1 is 1.17 bits per heavy atom. The van der Waals surface area contributed by atoms with Gasteiger partial charge in [-0.3, -0.25) is 0 Å². The van der Waals surface area contributed by atoms with Crippen molar-refractivity contribution in [3.8, 4) is 5.75 Å². The first kappa shape index (κ1) is 12.6. The van der Waals surface area contributed by atoms with Crippen LogP contribution in [0.1, 0.15) is 6.92 Å². The van der Waals surface area contributed by atoms with Gasteiger partial charge in [-0.2, -0.15) is 0 Å². The second kappa shape index (κ2) is 5.65. The van der Waals surface area contributed by atoms with Gasteiger partial charge in [-0.15, -0.1) is 0 Å². The molecule has 0 aromatic heterocycles. The Balaban J connectivity index is 2.23. The third kappa shape index (κ3) is 2.87. The number of nitrogens with two attached hydrogens (primary N) is 1. The summed E-state index contributed by atoms with van der Waals surface area (Å²) in [6.45, 7) is 2.52. The molecule has 0 aliphatic rings. The summed E-state index contributed by atoms with van der Waals surface area (Å²) in [5.74, 6) is 0.691. The summed E-state index contributed by atoms with van der Waals surface area (Å²) in [4.78, 5) is 0. The highest BCUT2D eigenvalue weighted by molar-refractivity contribution is 6.30. The minimum absolute atomic E-state index is 0.592. The number of ether oxygens (including phenoxy) is 1. The van der Waals surface area contributed by atoms with Crippen LogP contribution in [0.5, 0.6) is 5.75 Å². The molecule has 0 spiro atoms. The van der Waals surface area contributed by atoms with Crippen molar-refractivity contribution in [2.24, 2.45) is 0 Å². The largest absolute Gasteiger partial charge is 0.492 e. The van der Waals surface area contributed by atoms with Crippen molar-refractivity contribution in [2.45, 2.75) is 6.92 Å². The molecule has 2 aromatic rings. The standard InChI is InChI=1S/C14H15ClN2O/c1-2-18-13-5-3-4-12(14(13)16)17-11-8-6-10(15)7-9-11/h3-9,17H,2,16H2,1H3. The van der Waals surface area contributed by atoms with Gasteiger partial charge in [0.2, 0.25) is 0 Å². The topological polar surface area (TPSA) is 47.3 Å². The van der Waals surface area contributed by atoms with E-state index in [0.29, 0.717) is 23.1 Å². The zero-order valence-electron chi connectivity index (χ0n) is 10.1. The predicted molar refractivity (Wildman–Crippen MR) is 76.8 cm³/mol. The van der Waals surface area contributed by atoms with E-state index < -0.39 is 0 Å². The average molecular weight is 263 g/mol. The lowest BCUT2D eigenvalue weighted by molar-refractivity contribution is 0.342. The van der Waals surface area contributed by atoms with Crippen LogP contribution >= 0.6 is 11.6 Å². The summed E-state index contributed by atoms with van der Waals surface area (Å²) in [6.07, 6.45) is 0. The fraction of sp³-hybridized carbons (Fsp3) is 0.143. The third-order valence-corrected chi connectivity index (χ3v) is 2.74. The number of rotatable bonds is 4. The zero-order valence-corrected chi connectivity index (χ0v) is 10.9. The van der Waals surface area contributed by atoms with Crippen LogP contribution in [-0.2, 0) is 0 Å². The fourth-order valence-corrected chi connectivity index (χ4v) is 1.75. The van der Waals surface area contributed by atoms with Crippen molar-refractivity contribution >= 4 is 28.7 Å². The number of nitrogen functional groups attached to an aromatic ring is 1. The van der Waals surface area contributed by atoms with Crippen LogP contribution in [0.15, 0.2) is 42.5 Å². The van der Waals surface area contributed by atoms with Crippen LogP contribution in [0, 0.1) is 0 Å². The van der Waals surface area contributed by atoms with Crippen molar-refractivity contribution in [2.75, 3.05) is 17.7 Å². The Hall–Kier alpha value is -1.87. The molecule has 0 unspecified atom stereocenters.